The first-order chi connectivity index (χ1) is 8.19. The van der Waals surface area contributed by atoms with Gasteiger partial charge in [-0.1, -0.05) is 12.1 Å². The van der Waals surface area contributed by atoms with Crippen molar-refractivity contribution in [3.05, 3.63) is 53.5 Å². The highest BCUT2D eigenvalue weighted by molar-refractivity contribution is 5.19. The van der Waals surface area contributed by atoms with Gasteiger partial charge in [0.25, 0.3) is 0 Å². The Morgan fingerprint density at radius 1 is 1.47 bits per heavy atom. The molecule has 90 valence electrons. The third kappa shape index (κ3) is 2.91. The molecule has 4 heteroatoms. The summed E-state index contributed by atoms with van der Waals surface area (Å²) in [6.45, 7) is 1.99. The van der Waals surface area contributed by atoms with Crippen molar-refractivity contribution in [2.24, 2.45) is 0 Å². The smallest absolute Gasteiger partial charge is 0.198 e. The molecule has 0 amide bonds. The van der Waals surface area contributed by atoms with E-state index in [0.29, 0.717) is 12.3 Å². The molecule has 2 rings (SSSR count). The number of rotatable bonds is 4. The number of benzene rings is 1. The second-order valence-corrected chi connectivity index (χ2v) is 3.97. The van der Waals surface area contributed by atoms with Gasteiger partial charge in [-0.25, -0.2) is 9.37 Å². The molecule has 1 heterocycles. The zero-order valence-electron chi connectivity index (χ0n) is 9.90. The van der Waals surface area contributed by atoms with Crippen LogP contribution in [0.5, 0.6) is 0 Å². The average molecular weight is 234 g/mol. The molecule has 0 bridgehead atoms. The molecule has 0 saturated heterocycles. The van der Waals surface area contributed by atoms with E-state index in [1.54, 1.807) is 12.3 Å². The Morgan fingerprint density at radius 2 is 2.29 bits per heavy atom. The SMILES string of the molecule is CNC(C)c1cnc(Cc2cccc(F)c2)o1. The fraction of sp³-hybridized carbons (Fsp3) is 0.308. The molecule has 0 aliphatic carbocycles. The first-order valence-electron chi connectivity index (χ1n) is 5.55. The van der Waals surface area contributed by atoms with Gasteiger partial charge in [-0.15, -0.1) is 0 Å². The molecule has 1 atom stereocenters. The summed E-state index contributed by atoms with van der Waals surface area (Å²) in [7, 11) is 1.86. The highest BCUT2D eigenvalue weighted by Gasteiger charge is 2.10. The maximum absolute atomic E-state index is 13.0. The molecule has 3 nitrogen and oxygen atoms in total. The number of aromatic nitrogens is 1. The quantitative estimate of drug-likeness (QED) is 0.883. The Hall–Kier alpha value is -1.68. The molecule has 0 spiro atoms. The van der Waals surface area contributed by atoms with E-state index in [9.17, 15) is 4.39 Å². The fourth-order valence-corrected chi connectivity index (χ4v) is 1.57. The van der Waals surface area contributed by atoms with Gasteiger partial charge in [-0.3, -0.25) is 0 Å². The summed E-state index contributed by atoms with van der Waals surface area (Å²) < 4.78 is 18.6. The number of halogens is 1. The van der Waals surface area contributed by atoms with Gasteiger partial charge >= 0.3 is 0 Å². The lowest BCUT2D eigenvalue weighted by molar-refractivity contribution is 0.419. The standard InChI is InChI=1S/C13H15FN2O/c1-9(15-2)12-8-16-13(17-12)7-10-4-3-5-11(14)6-10/h3-6,8-9,15H,7H2,1-2H3. The Balaban J connectivity index is 2.11. The summed E-state index contributed by atoms with van der Waals surface area (Å²) >= 11 is 0. The van der Waals surface area contributed by atoms with Crippen LogP contribution in [0.4, 0.5) is 4.39 Å². The lowest BCUT2D eigenvalue weighted by atomic mass is 10.1. The fourth-order valence-electron chi connectivity index (χ4n) is 1.57. The molecule has 1 unspecified atom stereocenters. The van der Waals surface area contributed by atoms with Crippen molar-refractivity contribution < 1.29 is 8.81 Å². The predicted octanol–water partition coefficient (Wildman–Crippen LogP) is 2.68. The number of nitrogens with one attached hydrogen (secondary N) is 1. The first-order valence-corrected chi connectivity index (χ1v) is 5.55. The van der Waals surface area contributed by atoms with Crippen molar-refractivity contribution >= 4 is 0 Å². The normalized spacial score (nSPS) is 12.6. The molecule has 1 aromatic carbocycles. The van der Waals surface area contributed by atoms with Crippen molar-refractivity contribution in [3.8, 4) is 0 Å². The van der Waals surface area contributed by atoms with Crippen LogP contribution in [-0.2, 0) is 6.42 Å². The highest BCUT2D eigenvalue weighted by Crippen LogP contribution is 2.16. The van der Waals surface area contributed by atoms with E-state index < -0.39 is 0 Å². The Kier molecular flexibility index (Phi) is 3.54. The summed E-state index contributed by atoms with van der Waals surface area (Å²) in [6, 6.07) is 6.58. The van der Waals surface area contributed by atoms with Crippen LogP contribution in [0.25, 0.3) is 0 Å². The molecular formula is C13H15FN2O. The van der Waals surface area contributed by atoms with Gasteiger partial charge in [0.15, 0.2) is 5.89 Å². The maximum Gasteiger partial charge on any atom is 0.198 e. The molecule has 2 aromatic rings. The lowest BCUT2D eigenvalue weighted by Gasteiger charge is -2.04. The zero-order valence-corrected chi connectivity index (χ0v) is 9.90. The summed E-state index contributed by atoms with van der Waals surface area (Å²) in [4.78, 5) is 4.18. The molecular weight excluding hydrogens is 219 g/mol. The van der Waals surface area contributed by atoms with Gasteiger partial charge in [0, 0.05) is 6.42 Å². The predicted molar refractivity (Wildman–Crippen MR) is 63.2 cm³/mol. The third-order valence-electron chi connectivity index (χ3n) is 2.68. The average Bonchev–Trinajstić information content (AvgIpc) is 2.76. The zero-order chi connectivity index (χ0) is 12.3. The van der Waals surface area contributed by atoms with Crippen LogP contribution in [0.15, 0.2) is 34.9 Å². The minimum atomic E-state index is -0.238. The molecule has 1 aromatic heterocycles. The molecule has 0 radical (unpaired) electrons. The van der Waals surface area contributed by atoms with Gasteiger partial charge < -0.3 is 9.73 Å². The monoisotopic (exact) mass is 234 g/mol. The van der Waals surface area contributed by atoms with E-state index in [1.165, 1.54) is 12.1 Å². The topological polar surface area (TPSA) is 38.1 Å². The van der Waals surface area contributed by atoms with E-state index >= 15 is 0 Å². The summed E-state index contributed by atoms with van der Waals surface area (Å²) in [5.41, 5.74) is 0.857. The summed E-state index contributed by atoms with van der Waals surface area (Å²) in [5, 5.41) is 3.07. The minimum Gasteiger partial charge on any atom is -0.444 e. The van der Waals surface area contributed by atoms with Crippen molar-refractivity contribution in [2.45, 2.75) is 19.4 Å². The molecule has 0 aliphatic rings. The maximum atomic E-state index is 13.0. The summed E-state index contributed by atoms with van der Waals surface area (Å²) in [5.74, 6) is 1.16. The molecule has 0 saturated carbocycles. The van der Waals surface area contributed by atoms with Gasteiger partial charge in [-0.2, -0.15) is 0 Å². The highest BCUT2D eigenvalue weighted by atomic mass is 19.1. The Bertz CT molecular complexity index is 496. The molecule has 0 aliphatic heterocycles. The second-order valence-electron chi connectivity index (χ2n) is 3.97. The Morgan fingerprint density at radius 3 is 3.00 bits per heavy atom. The second kappa shape index (κ2) is 5.10. The van der Waals surface area contributed by atoms with E-state index in [-0.39, 0.29) is 11.9 Å². The largest absolute Gasteiger partial charge is 0.444 e. The molecule has 1 N–H and O–H groups in total. The third-order valence-corrected chi connectivity index (χ3v) is 2.68. The van der Waals surface area contributed by atoms with E-state index in [0.717, 1.165) is 11.3 Å². The van der Waals surface area contributed by atoms with Crippen LogP contribution in [0.2, 0.25) is 0 Å². The number of hydrogen-bond donors (Lipinski definition) is 1. The molecule has 17 heavy (non-hydrogen) atoms. The van der Waals surface area contributed by atoms with Crippen molar-refractivity contribution in [1.82, 2.24) is 10.3 Å². The number of oxazole rings is 1. The Labute approximate surface area is 99.7 Å². The van der Waals surface area contributed by atoms with Crippen LogP contribution in [0.3, 0.4) is 0 Å². The van der Waals surface area contributed by atoms with Crippen LogP contribution >= 0.6 is 0 Å². The van der Waals surface area contributed by atoms with Crippen LogP contribution < -0.4 is 5.32 Å². The lowest BCUT2D eigenvalue weighted by Crippen LogP contribution is -2.11. The molecule has 0 fully saturated rings. The van der Waals surface area contributed by atoms with Crippen LogP contribution in [0.1, 0.15) is 30.2 Å². The first kappa shape index (κ1) is 11.8. The van der Waals surface area contributed by atoms with Gasteiger partial charge in [-0.05, 0) is 31.7 Å². The number of hydrogen-bond acceptors (Lipinski definition) is 3. The summed E-state index contributed by atoms with van der Waals surface area (Å²) in [6.07, 6.45) is 2.21. The van der Waals surface area contributed by atoms with E-state index in [4.69, 9.17) is 4.42 Å². The van der Waals surface area contributed by atoms with Gasteiger partial charge in [0.2, 0.25) is 0 Å². The van der Waals surface area contributed by atoms with Gasteiger partial charge in [0.1, 0.15) is 11.6 Å². The van der Waals surface area contributed by atoms with Crippen molar-refractivity contribution in [3.63, 3.8) is 0 Å². The van der Waals surface area contributed by atoms with Gasteiger partial charge in [0.05, 0.1) is 12.2 Å². The number of nitrogens with zero attached hydrogens (tertiary/aromatic N) is 1. The van der Waals surface area contributed by atoms with E-state index in [2.05, 4.69) is 10.3 Å². The van der Waals surface area contributed by atoms with Crippen LogP contribution in [0, 0.1) is 5.82 Å². The van der Waals surface area contributed by atoms with Crippen molar-refractivity contribution in [2.75, 3.05) is 7.05 Å². The minimum absolute atomic E-state index is 0.128. The van der Waals surface area contributed by atoms with Crippen LogP contribution in [-0.4, -0.2) is 12.0 Å². The van der Waals surface area contributed by atoms with E-state index in [1.807, 2.05) is 20.0 Å². The van der Waals surface area contributed by atoms with Crippen molar-refractivity contribution in [1.29, 1.82) is 0 Å².